The van der Waals surface area contributed by atoms with Crippen LogP contribution < -0.4 is 5.32 Å². The van der Waals surface area contributed by atoms with E-state index < -0.39 is 41.1 Å². The van der Waals surface area contributed by atoms with Crippen molar-refractivity contribution < 1.29 is 29.0 Å². The van der Waals surface area contributed by atoms with Crippen LogP contribution in [0.3, 0.4) is 0 Å². The van der Waals surface area contributed by atoms with Crippen molar-refractivity contribution in [1.29, 1.82) is 0 Å². The fraction of sp³-hybridized carbons (Fsp3) is 0.654. The minimum absolute atomic E-state index is 0.0592. The lowest BCUT2D eigenvalue weighted by atomic mass is 9.62. The maximum absolute atomic E-state index is 13.9. The van der Waals surface area contributed by atoms with Crippen molar-refractivity contribution in [3.8, 4) is 0 Å². The Morgan fingerprint density at radius 3 is 2.65 bits per heavy atom. The number of nitrogens with one attached hydrogen (secondary N) is 1. The number of rotatable bonds is 7. The molecule has 0 radical (unpaired) electrons. The number of carbonyl (C=O) groups excluding carboxylic acids is 3. The Morgan fingerprint density at radius 2 is 2.03 bits per heavy atom. The van der Waals surface area contributed by atoms with Crippen LogP contribution in [0, 0.1) is 31.6 Å². The first-order valence-corrected chi connectivity index (χ1v) is 12.2. The number of aliphatic hydroxyl groups is 1. The van der Waals surface area contributed by atoms with Crippen LogP contribution >= 0.6 is 0 Å². The van der Waals surface area contributed by atoms with Crippen molar-refractivity contribution in [2.75, 3.05) is 18.5 Å². The molecule has 3 aliphatic rings. The highest BCUT2D eigenvalue weighted by molar-refractivity contribution is 6.04. The molecular formula is C26H36N2O6. The molecule has 3 fully saturated rings. The van der Waals surface area contributed by atoms with Crippen LogP contribution in [0.2, 0.25) is 0 Å². The Kier molecular flexibility index (Phi) is 6.27. The summed E-state index contributed by atoms with van der Waals surface area (Å²) in [7, 11) is 0. The Morgan fingerprint density at radius 1 is 1.32 bits per heavy atom. The van der Waals surface area contributed by atoms with Crippen LogP contribution in [0.15, 0.2) is 18.2 Å². The molecule has 3 aliphatic heterocycles. The molecule has 3 saturated heterocycles. The zero-order valence-electron chi connectivity index (χ0n) is 20.9. The van der Waals surface area contributed by atoms with Gasteiger partial charge in [-0.15, -0.1) is 0 Å². The number of likely N-dealkylation sites (tertiary alicyclic amines) is 1. The first-order chi connectivity index (χ1) is 16.0. The molecule has 3 heterocycles. The number of benzene rings is 1. The third-order valence-corrected chi connectivity index (χ3v) is 8.27. The SMILES string of the molecule is CCOC(=O)[C@@H]1[C@H]2C(=O)N([C@@H](CC)CO)C(C(=O)Nc3cc(C)ccc3C)C23CC(C)[C@@]1(C)O3. The van der Waals surface area contributed by atoms with Crippen molar-refractivity contribution in [1.82, 2.24) is 4.90 Å². The van der Waals surface area contributed by atoms with Gasteiger partial charge in [-0.25, -0.2) is 0 Å². The van der Waals surface area contributed by atoms with Gasteiger partial charge >= 0.3 is 5.97 Å². The molecule has 1 aromatic rings. The van der Waals surface area contributed by atoms with E-state index in [0.29, 0.717) is 18.5 Å². The molecule has 0 aromatic heterocycles. The van der Waals surface area contributed by atoms with Gasteiger partial charge in [-0.05, 0) is 63.6 Å². The van der Waals surface area contributed by atoms with Crippen LogP contribution in [-0.2, 0) is 23.9 Å². The molecule has 1 aromatic carbocycles. The number of anilines is 1. The first kappa shape index (κ1) is 24.7. The average molecular weight is 473 g/mol. The Labute approximate surface area is 201 Å². The van der Waals surface area contributed by atoms with Gasteiger partial charge in [0.2, 0.25) is 11.8 Å². The monoisotopic (exact) mass is 472 g/mol. The average Bonchev–Trinajstić information content (AvgIpc) is 3.29. The molecule has 7 atom stereocenters. The van der Waals surface area contributed by atoms with Gasteiger partial charge in [0.25, 0.3) is 0 Å². The summed E-state index contributed by atoms with van der Waals surface area (Å²) in [5, 5.41) is 13.1. The molecule has 3 unspecified atom stereocenters. The molecule has 186 valence electrons. The minimum Gasteiger partial charge on any atom is -0.466 e. The fourth-order valence-corrected chi connectivity index (χ4v) is 6.45. The second-order valence-electron chi connectivity index (χ2n) is 10.3. The van der Waals surface area contributed by atoms with Gasteiger partial charge in [0.15, 0.2) is 0 Å². The minimum atomic E-state index is -1.16. The summed E-state index contributed by atoms with van der Waals surface area (Å²) in [6.07, 6.45) is 0.939. The summed E-state index contributed by atoms with van der Waals surface area (Å²) in [6, 6.07) is 4.27. The van der Waals surface area contributed by atoms with Crippen LogP contribution in [-0.4, -0.2) is 64.3 Å². The molecule has 8 nitrogen and oxygen atoms in total. The number of nitrogens with zero attached hydrogens (tertiary/aromatic N) is 1. The number of esters is 1. The van der Waals surface area contributed by atoms with Gasteiger partial charge in [-0.2, -0.15) is 0 Å². The van der Waals surface area contributed by atoms with Crippen LogP contribution in [0.25, 0.3) is 0 Å². The van der Waals surface area contributed by atoms with Gasteiger partial charge in [0.1, 0.15) is 17.6 Å². The summed E-state index contributed by atoms with van der Waals surface area (Å²) in [6.45, 7) is 11.2. The van der Waals surface area contributed by atoms with E-state index in [2.05, 4.69) is 5.32 Å². The van der Waals surface area contributed by atoms with E-state index in [0.717, 1.165) is 11.1 Å². The number of fused-ring (bicyclic) bond motifs is 1. The summed E-state index contributed by atoms with van der Waals surface area (Å²) >= 11 is 0. The molecule has 4 rings (SSSR count). The zero-order chi connectivity index (χ0) is 25.0. The van der Waals surface area contributed by atoms with Gasteiger partial charge in [-0.3, -0.25) is 14.4 Å². The van der Waals surface area contributed by atoms with E-state index in [1.54, 1.807) is 6.92 Å². The van der Waals surface area contributed by atoms with Crippen LogP contribution in [0.4, 0.5) is 5.69 Å². The van der Waals surface area contributed by atoms with Crippen LogP contribution in [0.5, 0.6) is 0 Å². The Hall–Kier alpha value is -2.45. The van der Waals surface area contributed by atoms with E-state index in [-0.39, 0.29) is 30.9 Å². The second kappa shape index (κ2) is 8.64. The Balaban J connectivity index is 1.82. The topological polar surface area (TPSA) is 105 Å². The standard InChI is InChI=1S/C26H36N2O6/c1-7-17(13-29)28-21(22(30)27-18-11-14(3)9-10-15(18)4)26-12-16(5)25(6,34-26)20(19(26)23(28)31)24(32)33-8-2/h9-11,16-17,19-21,29H,7-8,12-13H2,1-6H3,(H,27,30)/t16?,17-,19-,20-,21?,25+,26?/m0/s1. The van der Waals surface area contributed by atoms with E-state index in [1.165, 1.54) is 4.90 Å². The van der Waals surface area contributed by atoms with Gasteiger partial charge in [0, 0.05) is 5.69 Å². The number of carbonyl (C=O) groups is 3. The molecule has 2 N–H and O–H groups in total. The molecule has 2 amide bonds. The van der Waals surface area contributed by atoms with Crippen molar-refractivity contribution in [2.24, 2.45) is 17.8 Å². The largest absolute Gasteiger partial charge is 0.466 e. The molecule has 8 heteroatoms. The number of hydrogen-bond acceptors (Lipinski definition) is 6. The second-order valence-corrected chi connectivity index (χ2v) is 10.3. The summed E-state index contributed by atoms with van der Waals surface area (Å²) in [4.78, 5) is 42.5. The predicted octanol–water partition coefficient (Wildman–Crippen LogP) is 2.59. The maximum atomic E-state index is 13.9. The van der Waals surface area contributed by atoms with Crippen molar-refractivity contribution in [3.63, 3.8) is 0 Å². The lowest BCUT2D eigenvalue weighted by Crippen LogP contribution is -2.56. The Bertz CT molecular complexity index is 1010. The van der Waals surface area contributed by atoms with E-state index >= 15 is 0 Å². The molecule has 2 bridgehead atoms. The van der Waals surface area contributed by atoms with Crippen molar-refractivity contribution in [3.05, 3.63) is 29.3 Å². The molecule has 34 heavy (non-hydrogen) atoms. The van der Waals surface area contributed by atoms with E-state index in [4.69, 9.17) is 9.47 Å². The normalized spacial score (nSPS) is 34.8. The third-order valence-electron chi connectivity index (χ3n) is 8.27. The lowest BCUT2D eigenvalue weighted by Gasteiger charge is -2.36. The number of hydrogen-bond donors (Lipinski definition) is 2. The highest BCUT2D eigenvalue weighted by Crippen LogP contribution is 2.65. The smallest absolute Gasteiger partial charge is 0.312 e. The molecule has 0 saturated carbocycles. The van der Waals surface area contributed by atoms with E-state index in [9.17, 15) is 19.5 Å². The third kappa shape index (κ3) is 3.37. The summed E-state index contributed by atoms with van der Waals surface area (Å²) in [5.74, 6) is -2.85. The highest BCUT2D eigenvalue weighted by Gasteiger charge is 2.80. The van der Waals surface area contributed by atoms with Gasteiger partial charge in [0.05, 0.1) is 30.8 Å². The van der Waals surface area contributed by atoms with E-state index in [1.807, 2.05) is 52.8 Å². The molecule has 0 aliphatic carbocycles. The van der Waals surface area contributed by atoms with Gasteiger partial charge in [-0.1, -0.05) is 26.0 Å². The zero-order valence-corrected chi connectivity index (χ0v) is 20.9. The van der Waals surface area contributed by atoms with Gasteiger partial charge < -0.3 is 24.8 Å². The number of amides is 2. The summed E-state index contributed by atoms with van der Waals surface area (Å²) in [5.41, 5.74) is 0.506. The van der Waals surface area contributed by atoms with Crippen LogP contribution in [0.1, 0.15) is 51.7 Å². The molecular weight excluding hydrogens is 436 g/mol. The van der Waals surface area contributed by atoms with Crippen molar-refractivity contribution >= 4 is 23.5 Å². The predicted molar refractivity (Wildman–Crippen MR) is 126 cm³/mol. The van der Waals surface area contributed by atoms with Crippen molar-refractivity contribution in [2.45, 2.75) is 77.7 Å². The fourth-order valence-electron chi connectivity index (χ4n) is 6.45. The number of aryl methyl sites for hydroxylation is 2. The maximum Gasteiger partial charge on any atom is 0.312 e. The quantitative estimate of drug-likeness (QED) is 0.591. The first-order valence-electron chi connectivity index (χ1n) is 12.2. The highest BCUT2D eigenvalue weighted by atomic mass is 16.6. The number of aliphatic hydroxyl groups excluding tert-OH is 1. The number of ether oxygens (including phenoxy) is 2. The summed E-state index contributed by atoms with van der Waals surface area (Å²) < 4.78 is 12.0. The lowest BCUT2D eigenvalue weighted by molar-refractivity contribution is -0.161. The molecule has 1 spiro atoms.